The van der Waals surface area contributed by atoms with Crippen LogP contribution < -0.4 is 10.0 Å². The van der Waals surface area contributed by atoms with Crippen molar-refractivity contribution in [1.82, 2.24) is 0 Å². The second-order valence-electron chi connectivity index (χ2n) is 5.27. The highest BCUT2D eigenvalue weighted by Gasteiger charge is 2.12. The zero-order valence-corrected chi connectivity index (χ0v) is 14.0. The van der Waals surface area contributed by atoms with Gasteiger partial charge >= 0.3 is 0 Å². The Morgan fingerprint density at radius 2 is 1.83 bits per heavy atom. The van der Waals surface area contributed by atoms with Crippen molar-refractivity contribution in [3.63, 3.8) is 0 Å². The summed E-state index contributed by atoms with van der Waals surface area (Å²) < 4.78 is 26.1. The molecule has 2 N–H and O–H groups in total. The van der Waals surface area contributed by atoms with E-state index < -0.39 is 10.0 Å². The van der Waals surface area contributed by atoms with Crippen molar-refractivity contribution in [2.24, 2.45) is 0 Å². The Bertz CT molecular complexity index is 801. The molecule has 0 saturated carbocycles. The Morgan fingerprint density at radius 3 is 2.52 bits per heavy atom. The molecule has 122 valence electrons. The molecule has 0 saturated heterocycles. The molecule has 0 aliphatic carbocycles. The molecular formula is C17H20N2O3S. The van der Waals surface area contributed by atoms with Gasteiger partial charge in [0.25, 0.3) is 5.91 Å². The van der Waals surface area contributed by atoms with Crippen LogP contribution in [0.4, 0.5) is 11.4 Å². The largest absolute Gasteiger partial charge is 0.322 e. The molecule has 0 spiro atoms. The zero-order valence-electron chi connectivity index (χ0n) is 13.2. The summed E-state index contributed by atoms with van der Waals surface area (Å²) in [5, 5.41) is 2.83. The molecule has 2 aromatic rings. The van der Waals surface area contributed by atoms with Gasteiger partial charge in [0.05, 0.1) is 5.75 Å². The highest BCUT2D eigenvalue weighted by atomic mass is 32.2. The number of para-hydroxylation sites is 1. The third-order valence-electron chi connectivity index (χ3n) is 3.26. The molecule has 0 aliphatic rings. The zero-order chi connectivity index (χ0) is 16.9. The lowest BCUT2D eigenvalue weighted by molar-refractivity contribution is 0.102. The first-order valence-corrected chi connectivity index (χ1v) is 9.04. The molecule has 5 nitrogen and oxygen atoms in total. The smallest absolute Gasteiger partial charge is 0.255 e. The predicted molar refractivity (Wildman–Crippen MR) is 93.3 cm³/mol. The van der Waals surface area contributed by atoms with Crippen LogP contribution in [0.3, 0.4) is 0 Å². The average molecular weight is 332 g/mol. The first kappa shape index (κ1) is 17.0. The maximum atomic E-state index is 12.3. The molecule has 2 aromatic carbocycles. The van der Waals surface area contributed by atoms with E-state index in [0.717, 1.165) is 11.3 Å². The maximum absolute atomic E-state index is 12.3. The summed E-state index contributed by atoms with van der Waals surface area (Å²) in [6, 6.07) is 13.9. The molecule has 0 fully saturated rings. The first-order valence-electron chi connectivity index (χ1n) is 7.39. The van der Waals surface area contributed by atoms with Crippen LogP contribution in [0.1, 0.15) is 29.3 Å². The minimum Gasteiger partial charge on any atom is -0.322 e. The fourth-order valence-electron chi connectivity index (χ4n) is 2.13. The average Bonchev–Trinajstić information content (AvgIpc) is 2.49. The van der Waals surface area contributed by atoms with Crippen LogP contribution in [0.2, 0.25) is 0 Å². The van der Waals surface area contributed by atoms with Gasteiger partial charge in [-0.2, -0.15) is 0 Å². The van der Waals surface area contributed by atoms with Crippen molar-refractivity contribution in [2.45, 2.75) is 20.3 Å². The third kappa shape index (κ3) is 4.82. The molecule has 0 unspecified atom stereocenters. The van der Waals surface area contributed by atoms with Gasteiger partial charge in [0.2, 0.25) is 10.0 Å². The lowest BCUT2D eigenvalue weighted by Crippen LogP contribution is -2.17. The van der Waals surface area contributed by atoms with Crippen LogP contribution in [0, 0.1) is 6.92 Å². The first-order chi connectivity index (χ1) is 10.9. The quantitative estimate of drug-likeness (QED) is 0.851. The summed E-state index contributed by atoms with van der Waals surface area (Å²) in [7, 11) is -3.37. The molecular weight excluding hydrogens is 312 g/mol. The molecule has 0 bridgehead atoms. The lowest BCUT2D eigenvalue weighted by Gasteiger charge is -2.10. The number of hydrogen-bond donors (Lipinski definition) is 2. The van der Waals surface area contributed by atoms with Crippen LogP contribution in [0.5, 0.6) is 0 Å². The number of rotatable bonds is 6. The van der Waals surface area contributed by atoms with Gasteiger partial charge in [-0.05, 0) is 43.2 Å². The van der Waals surface area contributed by atoms with Crippen LogP contribution in [0.15, 0.2) is 48.5 Å². The van der Waals surface area contributed by atoms with Crippen LogP contribution in [-0.2, 0) is 10.0 Å². The normalized spacial score (nSPS) is 11.0. The van der Waals surface area contributed by atoms with Crippen LogP contribution in [0.25, 0.3) is 0 Å². The van der Waals surface area contributed by atoms with Crippen molar-refractivity contribution in [3.05, 3.63) is 59.7 Å². The fraction of sp³-hybridized carbons (Fsp3) is 0.235. The van der Waals surface area contributed by atoms with Gasteiger partial charge in [-0.25, -0.2) is 8.42 Å². The number of sulfonamides is 1. The molecule has 0 aromatic heterocycles. The second kappa shape index (κ2) is 7.28. The highest BCUT2D eigenvalue weighted by Crippen LogP contribution is 2.17. The van der Waals surface area contributed by atoms with E-state index in [4.69, 9.17) is 0 Å². The van der Waals surface area contributed by atoms with Crippen molar-refractivity contribution in [3.8, 4) is 0 Å². The van der Waals surface area contributed by atoms with Gasteiger partial charge in [0, 0.05) is 16.9 Å². The van der Waals surface area contributed by atoms with Crippen molar-refractivity contribution in [1.29, 1.82) is 0 Å². The van der Waals surface area contributed by atoms with E-state index in [0.29, 0.717) is 17.7 Å². The standard InChI is InChI=1S/C17H20N2O3S/c1-3-11-23(21,22)19-15-9-6-8-14(12-15)17(20)18-16-10-5-4-7-13(16)2/h4-10,12,19H,3,11H2,1-2H3,(H,18,20). The van der Waals surface area contributed by atoms with Gasteiger partial charge in [0.1, 0.15) is 0 Å². The Hall–Kier alpha value is -2.34. The van der Waals surface area contributed by atoms with E-state index in [1.165, 1.54) is 6.07 Å². The minimum atomic E-state index is -3.37. The van der Waals surface area contributed by atoms with E-state index in [9.17, 15) is 13.2 Å². The lowest BCUT2D eigenvalue weighted by atomic mass is 10.1. The number of benzene rings is 2. The number of aryl methyl sites for hydroxylation is 1. The molecule has 2 rings (SSSR count). The van der Waals surface area contributed by atoms with Crippen molar-refractivity contribution in [2.75, 3.05) is 15.8 Å². The van der Waals surface area contributed by atoms with E-state index in [1.54, 1.807) is 25.1 Å². The summed E-state index contributed by atoms with van der Waals surface area (Å²) in [6.07, 6.45) is 0.531. The fourth-order valence-corrected chi connectivity index (χ4v) is 3.26. The monoisotopic (exact) mass is 332 g/mol. The van der Waals surface area contributed by atoms with E-state index in [1.807, 2.05) is 31.2 Å². The van der Waals surface area contributed by atoms with E-state index in [2.05, 4.69) is 10.0 Å². The number of nitrogens with one attached hydrogen (secondary N) is 2. The van der Waals surface area contributed by atoms with Crippen molar-refractivity contribution >= 4 is 27.3 Å². The van der Waals surface area contributed by atoms with E-state index in [-0.39, 0.29) is 11.7 Å². The van der Waals surface area contributed by atoms with Gasteiger partial charge in [0.15, 0.2) is 0 Å². The number of carbonyl (C=O) groups excluding carboxylic acids is 1. The molecule has 0 aliphatic heterocycles. The van der Waals surface area contributed by atoms with Gasteiger partial charge < -0.3 is 5.32 Å². The highest BCUT2D eigenvalue weighted by molar-refractivity contribution is 7.92. The summed E-state index contributed by atoms with van der Waals surface area (Å²) in [5.74, 6) is -0.233. The molecule has 0 heterocycles. The number of hydrogen-bond acceptors (Lipinski definition) is 3. The summed E-state index contributed by atoms with van der Waals surface area (Å²) in [4.78, 5) is 12.3. The second-order valence-corrected chi connectivity index (χ2v) is 7.11. The van der Waals surface area contributed by atoms with Gasteiger partial charge in [-0.1, -0.05) is 31.2 Å². The molecule has 23 heavy (non-hydrogen) atoms. The van der Waals surface area contributed by atoms with Gasteiger partial charge in [-0.3, -0.25) is 9.52 Å². The van der Waals surface area contributed by atoms with Crippen LogP contribution in [-0.4, -0.2) is 20.1 Å². The molecule has 0 radical (unpaired) electrons. The molecule has 0 atom stereocenters. The van der Waals surface area contributed by atoms with Crippen molar-refractivity contribution < 1.29 is 13.2 Å². The Labute approximate surface area is 136 Å². The molecule has 6 heteroatoms. The number of amides is 1. The SMILES string of the molecule is CCCS(=O)(=O)Nc1cccc(C(=O)Nc2ccccc2C)c1. The number of carbonyl (C=O) groups is 1. The Morgan fingerprint density at radius 1 is 1.09 bits per heavy atom. The van der Waals surface area contributed by atoms with Gasteiger partial charge in [-0.15, -0.1) is 0 Å². The third-order valence-corrected chi connectivity index (χ3v) is 4.76. The summed E-state index contributed by atoms with van der Waals surface area (Å²) in [6.45, 7) is 3.70. The minimum absolute atomic E-state index is 0.0482. The number of anilines is 2. The molecule has 1 amide bonds. The summed E-state index contributed by atoms with van der Waals surface area (Å²) in [5.41, 5.74) is 2.47. The Balaban J connectivity index is 2.16. The maximum Gasteiger partial charge on any atom is 0.255 e. The topological polar surface area (TPSA) is 75.3 Å². The Kier molecular flexibility index (Phi) is 5.39. The summed E-state index contributed by atoms with van der Waals surface area (Å²) >= 11 is 0. The van der Waals surface area contributed by atoms with Crippen LogP contribution >= 0.6 is 0 Å². The predicted octanol–water partition coefficient (Wildman–Crippen LogP) is 3.40. The van der Waals surface area contributed by atoms with E-state index >= 15 is 0 Å².